The quantitative estimate of drug-likeness (QED) is 0.885. The fourth-order valence-electron chi connectivity index (χ4n) is 3.17. The van der Waals surface area contributed by atoms with Crippen LogP contribution >= 0.6 is 0 Å². The van der Waals surface area contributed by atoms with E-state index in [4.69, 9.17) is 5.11 Å². The first-order valence-electron chi connectivity index (χ1n) is 7.57. The van der Waals surface area contributed by atoms with Gasteiger partial charge in [0.15, 0.2) is 0 Å². The molecule has 1 aromatic rings. The molecular weight excluding hydrogens is 289 g/mol. The van der Waals surface area contributed by atoms with Crippen LogP contribution in [0.4, 0.5) is 14.9 Å². The zero-order valence-electron chi connectivity index (χ0n) is 12.3. The fraction of sp³-hybridized carbons (Fsp3) is 0.600. The van der Waals surface area contributed by atoms with Crippen LogP contribution in [-0.4, -0.2) is 59.0 Å². The Balaban J connectivity index is 1.76. The molecule has 22 heavy (non-hydrogen) atoms. The van der Waals surface area contributed by atoms with E-state index in [0.717, 1.165) is 37.3 Å². The number of carbonyl (C=O) groups is 1. The summed E-state index contributed by atoms with van der Waals surface area (Å²) in [4.78, 5) is 18.5. The molecule has 1 amide bonds. The maximum Gasteiger partial charge on any atom is 0.407 e. The fourth-order valence-corrected chi connectivity index (χ4v) is 3.17. The molecule has 1 aromatic heterocycles. The molecule has 2 aliphatic heterocycles. The van der Waals surface area contributed by atoms with Crippen molar-refractivity contribution in [2.24, 2.45) is 5.92 Å². The van der Waals surface area contributed by atoms with Gasteiger partial charge in [0.25, 0.3) is 0 Å². The molecule has 3 rings (SSSR count). The van der Waals surface area contributed by atoms with Crippen LogP contribution in [0.5, 0.6) is 0 Å². The summed E-state index contributed by atoms with van der Waals surface area (Å²) in [6.07, 6.45) is 2.02. The molecule has 7 heteroatoms. The third-order valence-corrected chi connectivity index (χ3v) is 4.62. The van der Waals surface area contributed by atoms with Gasteiger partial charge in [-0.3, -0.25) is 4.98 Å². The summed E-state index contributed by atoms with van der Waals surface area (Å²) < 4.78 is 13.6. The number of anilines is 1. The first kappa shape index (κ1) is 15.0. The van der Waals surface area contributed by atoms with Crippen molar-refractivity contribution in [3.63, 3.8) is 0 Å². The highest BCUT2D eigenvalue weighted by atomic mass is 19.1. The number of amides is 1. The van der Waals surface area contributed by atoms with E-state index in [1.165, 1.54) is 17.2 Å². The second-order valence-corrected chi connectivity index (χ2v) is 6.06. The lowest BCUT2D eigenvalue weighted by atomic mass is 9.92. The minimum atomic E-state index is -0.927. The molecule has 0 radical (unpaired) electrons. The van der Waals surface area contributed by atoms with Gasteiger partial charge in [-0.1, -0.05) is 0 Å². The third-order valence-electron chi connectivity index (χ3n) is 4.62. The molecule has 2 aliphatic rings. The lowest BCUT2D eigenvalue weighted by Gasteiger charge is -2.40. The predicted octanol–water partition coefficient (Wildman–Crippen LogP) is 1.51. The van der Waals surface area contributed by atoms with Gasteiger partial charge in [0.2, 0.25) is 0 Å². The Kier molecular flexibility index (Phi) is 4.15. The lowest BCUT2D eigenvalue weighted by molar-refractivity contribution is 0.104. The average molecular weight is 309 g/mol. The van der Waals surface area contributed by atoms with Crippen LogP contribution in [0.15, 0.2) is 12.3 Å². The Labute approximate surface area is 128 Å². The van der Waals surface area contributed by atoms with Crippen molar-refractivity contribution in [3.8, 4) is 0 Å². The van der Waals surface area contributed by atoms with Gasteiger partial charge < -0.3 is 20.0 Å². The first-order valence-corrected chi connectivity index (χ1v) is 7.57. The van der Waals surface area contributed by atoms with Crippen LogP contribution in [0.2, 0.25) is 0 Å². The summed E-state index contributed by atoms with van der Waals surface area (Å²) >= 11 is 0. The van der Waals surface area contributed by atoms with Gasteiger partial charge in [-0.05, 0) is 18.8 Å². The van der Waals surface area contributed by atoms with Crippen LogP contribution in [0.1, 0.15) is 24.5 Å². The van der Waals surface area contributed by atoms with Gasteiger partial charge in [0.05, 0.1) is 17.6 Å². The second kappa shape index (κ2) is 6.08. The van der Waals surface area contributed by atoms with E-state index in [2.05, 4.69) is 9.88 Å². The second-order valence-electron chi connectivity index (χ2n) is 6.06. The highest BCUT2D eigenvalue weighted by Gasteiger charge is 2.35. The number of hydrogen-bond donors (Lipinski definition) is 2. The van der Waals surface area contributed by atoms with Gasteiger partial charge in [-0.2, -0.15) is 0 Å². The summed E-state index contributed by atoms with van der Waals surface area (Å²) in [5, 5.41) is 18.1. The number of halogens is 1. The van der Waals surface area contributed by atoms with Crippen LogP contribution in [0.25, 0.3) is 0 Å². The molecule has 2 saturated heterocycles. The zero-order valence-corrected chi connectivity index (χ0v) is 12.3. The van der Waals surface area contributed by atoms with Gasteiger partial charge in [-0.25, -0.2) is 9.18 Å². The summed E-state index contributed by atoms with van der Waals surface area (Å²) in [5.74, 6) is -0.0351. The SMILES string of the molecule is O=C(O)N1CC(c2ncc(F)cc2N2CCC(CO)CC2)C1. The minimum absolute atomic E-state index is 0.0299. The van der Waals surface area contributed by atoms with Gasteiger partial charge in [0, 0.05) is 44.8 Å². The van der Waals surface area contributed by atoms with Gasteiger partial charge in [-0.15, -0.1) is 0 Å². The Hall–Kier alpha value is -1.89. The molecule has 0 aromatic carbocycles. The van der Waals surface area contributed by atoms with Gasteiger partial charge in [0.1, 0.15) is 5.82 Å². The molecule has 2 fully saturated rings. The summed E-state index contributed by atoms with van der Waals surface area (Å²) in [6.45, 7) is 2.54. The van der Waals surface area contributed by atoms with Crippen molar-refractivity contribution in [1.29, 1.82) is 0 Å². The smallest absolute Gasteiger partial charge is 0.407 e. The van der Waals surface area contributed by atoms with Crippen molar-refractivity contribution in [2.75, 3.05) is 37.7 Å². The molecule has 0 atom stereocenters. The number of piperidine rings is 1. The number of aromatic nitrogens is 1. The van der Waals surface area contributed by atoms with E-state index >= 15 is 0 Å². The lowest BCUT2D eigenvalue weighted by Crippen LogP contribution is -2.48. The normalized spacial score (nSPS) is 20.1. The molecule has 120 valence electrons. The van der Waals surface area contributed by atoms with Gasteiger partial charge >= 0.3 is 6.09 Å². The minimum Gasteiger partial charge on any atom is -0.465 e. The molecule has 6 nitrogen and oxygen atoms in total. The number of aliphatic hydroxyl groups is 1. The Morgan fingerprint density at radius 3 is 2.64 bits per heavy atom. The molecule has 2 N–H and O–H groups in total. The number of hydrogen-bond acceptors (Lipinski definition) is 4. The van der Waals surface area contributed by atoms with E-state index in [0.29, 0.717) is 19.0 Å². The predicted molar refractivity (Wildman–Crippen MR) is 78.6 cm³/mol. The number of carboxylic acid groups (broad SMARTS) is 1. The van der Waals surface area contributed by atoms with Crippen molar-refractivity contribution in [3.05, 3.63) is 23.8 Å². The maximum absolute atomic E-state index is 13.6. The van der Waals surface area contributed by atoms with E-state index in [1.54, 1.807) is 0 Å². The monoisotopic (exact) mass is 309 g/mol. The molecule has 3 heterocycles. The van der Waals surface area contributed by atoms with Crippen LogP contribution in [0.3, 0.4) is 0 Å². The van der Waals surface area contributed by atoms with E-state index < -0.39 is 6.09 Å². The van der Waals surface area contributed by atoms with Crippen molar-refractivity contribution < 1.29 is 19.4 Å². The average Bonchev–Trinajstić information content (AvgIpc) is 2.47. The molecule has 0 aliphatic carbocycles. The van der Waals surface area contributed by atoms with E-state index in [9.17, 15) is 14.3 Å². The Morgan fingerprint density at radius 2 is 2.05 bits per heavy atom. The topological polar surface area (TPSA) is 76.9 Å². The molecule has 0 unspecified atom stereocenters. The standard InChI is InChI=1S/C15H20FN3O3/c16-12-5-13(18-3-1-10(9-20)2-4-18)14(17-6-12)11-7-19(8-11)15(21)22/h5-6,10-11,20H,1-4,7-9H2,(H,21,22). The van der Waals surface area contributed by atoms with Crippen LogP contribution < -0.4 is 4.90 Å². The molecule has 0 spiro atoms. The van der Waals surface area contributed by atoms with Crippen LogP contribution in [-0.2, 0) is 0 Å². The number of rotatable bonds is 3. The summed E-state index contributed by atoms with van der Waals surface area (Å²) in [6, 6.07) is 1.49. The summed E-state index contributed by atoms with van der Waals surface area (Å²) in [5.41, 5.74) is 1.55. The number of nitrogens with zero attached hydrogens (tertiary/aromatic N) is 3. The highest BCUT2D eigenvalue weighted by molar-refractivity contribution is 5.67. The Bertz CT molecular complexity index is 555. The number of pyridine rings is 1. The highest BCUT2D eigenvalue weighted by Crippen LogP contribution is 2.34. The molecule has 0 bridgehead atoms. The molecule has 0 saturated carbocycles. The largest absolute Gasteiger partial charge is 0.465 e. The van der Waals surface area contributed by atoms with Crippen molar-refractivity contribution >= 4 is 11.8 Å². The zero-order chi connectivity index (χ0) is 15.7. The Morgan fingerprint density at radius 1 is 1.36 bits per heavy atom. The molecular formula is C15H20FN3O3. The van der Waals surface area contributed by atoms with Crippen molar-refractivity contribution in [1.82, 2.24) is 9.88 Å². The number of aliphatic hydroxyl groups excluding tert-OH is 1. The van der Waals surface area contributed by atoms with E-state index in [1.807, 2.05) is 0 Å². The van der Waals surface area contributed by atoms with E-state index in [-0.39, 0.29) is 18.3 Å². The summed E-state index contributed by atoms with van der Waals surface area (Å²) in [7, 11) is 0. The van der Waals surface area contributed by atoms with Crippen LogP contribution in [0, 0.1) is 11.7 Å². The maximum atomic E-state index is 13.6. The number of likely N-dealkylation sites (tertiary alicyclic amines) is 1. The first-order chi connectivity index (χ1) is 10.6. The van der Waals surface area contributed by atoms with Crippen molar-refractivity contribution in [2.45, 2.75) is 18.8 Å². The third kappa shape index (κ3) is 2.85.